The summed E-state index contributed by atoms with van der Waals surface area (Å²) in [5.74, 6) is -0.589. The van der Waals surface area contributed by atoms with Gasteiger partial charge in [-0.3, -0.25) is 9.78 Å². The number of carbonyl (C=O) groups excluding carboxylic acids is 1. The van der Waals surface area contributed by atoms with Gasteiger partial charge in [-0.15, -0.1) is 0 Å². The van der Waals surface area contributed by atoms with Crippen molar-refractivity contribution in [2.24, 2.45) is 0 Å². The van der Waals surface area contributed by atoms with Crippen molar-refractivity contribution in [3.8, 4) is 11.4 Å². The molecule has 198 valence electrons. The molecule has 9 nitrogen and oxygen atoms in total. The Morgan fingerprint density at radius 2 is 1.90 bits per heavy atom. The van der Waals surface area contributed by atoms with Crippen molar-refractivity contribution in [2.75, 3.05) is 19.0 Å². The standard InChI is InChI=1S/C29H27N5O4S/c1-38-24-13-3-2-10-21(24)31-25(35)14-17-34-27(26(32-29(34)39)22-11-4-5-15-30-22)23-12-7-16-33(23)20-9-6-8-19(18-20)28(36)37/h2-13,15-16,18,26-27H,14,17H2,1H3,(H,31,35)(H,32,39)(H,36,37)/t26-,27+/m0/s1. The van der Waals surface area contributed by atoms with E-state index in [-0.39, 0.29) is 30.0 Å². The minimum atomic E-state index is -0.997. The second-order valence-corrected chi connectivity index (χ2v) is 9.36. The highest BCUT2D eigenvalue weighted by atomic mass is 32.1. The van der Waals surface area contributed by atoms with E-state index >= 15 is 0 Å². The van der Waals surface area contributed by atoms with Gasteiger partial charge in [-0.2, -0.15) is 0 Å². The number of aromatic carboxylic acids is 1. The van der Waals surface area contributed by atoms with E-state index in [0.29, 0.717) is 28.8 Å². The number of rotatable bonds is 9. The fourth-order valence-corrected chi connectivity index (χ4v) is 5.14. The summed E-state index contributed by atoms with van der Waals surface area (Å²) in [5, 5.41) is 16.3. The summed E-state index contributed by atoms with van der Waals surface area (Å²) in [7, 11) is 1.56. The molecule has 0 saturated carbocycles. The van der Waals surface area contributed by atoms with Crippen LogP contribution in [0.15, 0.2) is 91.3 Å². The van der Waals surface area contributed by atoms with Crippen LogP contribution >= 0.6 is 12.2 Å². The maximum atomic E-state index is 12.9. The molecular weight excluding hydrogens is 514 g/mol. The largest absolute Gasteiger partial charge is 0.495 e. The van der Waals surface area contributed by atoms with Gasteiger partial charge >= 0.3 is 5.97 Å². The summed E-state index contributed by atoms with van der Waals surface area (Å²) in [6, 6.07) is 23.0. The van der Waals surface area contributed by atoms with E-state index in [1.807, 2.05) is 64.2 Å². The number of carboxylic acid groups (broad SMARTS) is 1. The van der Waals surface area contributed by atoms with Gasteiger partial charge in [0.2, 0.25) is 5.91 Å². The molecule has 0 radical (unpaired) electrons. The minimum Gasteiger partial charge on any atom is -0.495 e. The smallest absolute Gasteiger partial charge is 0.335 e. The second kappa shape index (κ2) is 11.4. The topological polar surface area (TPSA) is 109 Å². The summed E-state index contributed by atoms with van der Waals surface area (Å²) >= 11 is 5.75. The highest BCUT2D eigenvalue weighted by Crippen LogP contribution is 2.39. The molecule has 2 aromatic heterocycles. The summed E-state index contributed by atoms with van der Waals surface area (Å²) in [4.78, 5) is 31.1. The van der Waals surface area contributed by atoms with E-state index in [9.17, 15) is 14.7 Å². The zero-order chi connectivity index (χ0) is 27.4. The van der Waals surface area contributed by atoms with Gasteiger partial charge in [-0.05, 0) is 66.8 Å². The average Bonchev–Trinajstić information content (AvgIpc) is 3.57. The van der Waals surface area contributed by atoms with Crippen LogP contribution in [0.25, 0.3) is 5.69 Å². The average molecular weight is 542 g/mol. The fourth-order valence-electron chi connectivity index (χ4n) is 4.81. The second-order valence-electron chi connectivity index (χ2n) is 8.98. The molecule has 3 N–H and O–H groups in total. The number of carbonyl (C=O) groups is 2. The monoisotopic (exact) mass is 541 g/mol. The third-order valence-electron chi connectivity index (χ3n) is 6.61. The number of aromatic nitrogens is 2. The number of amides is 1. The number of para-hydroxylation sites is 2. The van der Waals surface area contributed by atoms with Gasteiger partial charge in [0.15, 0.2) is 5.11 Å². The van der Waals surface area contributed by atoms with Crippen LogP contribution in [-0.4, -0.2) is 50.2 Å². The van der Waals surface area contributed by atoms with Crippen LogP contribution in [0.3, 0.4) is 0 Å². The zero-order valence-corrected chi connectivity index (χ0v) is 22.0. The summed E-state index contributed by atoms with van der Waals surface area (Å²) in [5.41, 5.74) is 3.19. The number of ether oxygens (including phenoxy) is 1. The molecular formula is C29H27N5O4S. The molecule has 1 amide bonds. The Labute approximate surface area is 231 Å². The van der Waals surface area contributed by atoms with Crippen LogP contribution in [0.4, 0.5) is 5.69 Å². The molecule has 2 aromatic carbocycles. The molecule has 4 aromatic rings. The van der Waals surface area contributed by atoms with Gasteiger partial charge in [0.05, 0.1) is 36.1 Å². The Bertz CT molecular complexity index is 1510. The van der Waals surface area contributed by atoms with Crippen molar-refractivity contribution in [3.05, 3.63) is 108 Å². The fraction of sp³-hybridized carbons (Fsp3) is 0.172. The lowest BCUT2D eigenvalue weighted by Crippen LogP contribution is -2.33. The number of anilines is 1. The van der Waals surface area contributed by atoms with Crippen molar-refractivity contribution < 1.29 is 19.4 Å². The SMILES string of the molecule is COc1ccccc1NC(=O)CCN1C(=S)N[C@@H](c2ccccn2)[C@H]1c1cccn1-c1cccc(C(=O)O)c1. The Kier molecular flexibility index (Phi) is 7.55. The highest BCUT2D eigenvalue weighted by molar-refractivity contribution is 7.80. The Morgan fingerprint density at radius 1 is 1.08 bits per heavy atom. The first kappa shape index (κ1) is 25.9. The number of hydrogen-bond donors (Lipinski definition) is 3. The van der Waals surface area contributed by atoms with Crippen LogP contribution in [-0.2, 0) is 4.79 Å². The summed E-state index contributed by atoms with van der Waals surface area (Å²) < 4.78 is 7.30. The zero-order valence-electron chi connectivity index (χ0n) is 21.2. The van der Waals surface area contributed by atoms with Gasteiger partial charge in [0.1, 0.15) is 5.75 Å². The van der Waals surface area contributed by atoms with E-state index in [1.54, 1.807) is 43.6 Å². The van der Waals surface area contributed by atoms with Crippen LogP contribution in [0, 0.1) is 0 Å². The van der Waals surface area contributed by atoms with Gasteiger partial charge in [-0.1, -0.05) is 24.3 Å². The molecule has 39 heavy (non-hydrogen) atoms. The van der Waals surface area contributed by atoms with Crippen LogP contribution in [0.2, 0.25) is 0 Å². The van der Waals surface area contributed by atoms with Crippen molar-refractivity contribution >= 4 is 34.9 Å². The molecule has 0 aliphatic carbocycles. The Hall–Kier alpha value is -4.70. The highest BCUT2D eigenvalue weighted by Gasteiger charge is 2.41. The number of thiocarbonyl (C=S) groups is 1. The number of nitrogens with zero attached hydrogens (tertiary/aromatic N) is 3. The molecule has 1 fully saturated rings. The van der Waals surface area contributed by atoms with E-state index < -0.39 is 5.97 Å². The maximum absolute atomic E-state index is 12.9. The number of benzene rings is 2. The minimum absolute atomic E-state index is 0.174. The third kappa shape index (κ3) is 5.46. The Balaban J connectivity index is 1.46. The third-order valence-corrected chi connectivity index (χ3v) is 6.97. The summed E-state index contributed by atoms with van der Waals surface area (Å²) in [6.07, 6.45) is 3.80. The van der Waals surface area contributed by atoms with E-state index in [1.165, 1.54) is 0 Å². The quantitative estimate of drug-likeness (QED) is 0.264. The molecule has 5 rings (SSSR count). The first-order valence-corrected chi connectivity index (χ1v) is 12.8. The van der Waals surface area contributed by atoms with E-state index in [0.717, 1.165) is 11.4 Å². The molecule has 0 bridgehead atoms. The maximum Gasteiger partial charge on any atom is 0.335 e. The lowest BCUT2D eigenvalue weighted by Gasteiger charge is -2.29. The predicted octanol–water partition coefficient (Wildman–Crippen LogP) is 4.58. The molecule has 3 heterocycles. The Morgan fingerprint density at radius 3 is 2.67 bits per heavy atom. The van der Waals surface area contributed by atoms with Gasteiger partial charge in [0.25, 0.3) is 0 Å². The molecule has 2 atom stereocenters. The first-order chi connectivity index (χ1) is 19.0. The van der Waals surface area contributed by atoms with Crippen LogP contribution < -0.4 is 15.4 Å². The van der Waals surface area contributed by atoms with E-state index in [2.05, 4.69) is 15.6 Å². The number of carboxylic acids is 1. The first-order valence-electron chi connectivity index (χ1n) is 12.4. The number of methoxy groups -OCH3 is 1. The van der Waals surface area contributed by atoms with Crippen molar-refractivity contribution in [3.63, 3.8) is 0 Å². The van der Waals surface area contributed by atoms with E-state index in [4.69, 9.17) is 17.0 Å². The molecule has 0 unspecified atom stereocenters. The molecule has 0 spiro atoms. The summed E-state index contributed by atoms with van der Waals surface area (Å²) in [6.45, 7) is 0.348. The van der Waals surface area contributed by atoms with Crippen LogP contribution in [0.1, 0.15) is 40.3 Å². The molecule has 10 heteroatoms. The van der Waals surface area contributed by atoms with Crippen LogP contribution in [0.5, 0.6) is 5.75 Å². The molecule has 1 aliphatic heterocycles. The lowest BCUT2D eigenvalue weighted by molar-refractivity contribution is -0.116. The van der Waals surface area contributed by atoms with Gasteiger partial charge in [-0.25, -0.2) is 4.79 Å². The number of nitrogens with one attached hydrogen (secondary N) is 2. The number of pyridine rings is 1. The normalized spacial score (nSPS) is 16.5. The van der Waals surface area contributed by atoms with Gasteiger partial charge < -0.3 is 29.9 Å². The van der Waals surface area contributed by atoms with Gasteiger partial charge in [0, 0.05) is 36.7 Å². The molecule has 1 aliphatic rings. The van der Waals surface area contributed by atoms with Crippen molar-refractivity contribution in [1.82, 2.24) is 19.8 Å². The molecule has 1 saturated heterocycles. The number of hydrogen-bond acceptors (Lipinski definition) is 5. The lowest BCUT2D eigenvalue weighted by atomic mass is 10.0. The predicted molar refractivity (Wildman–Crippen MR) is 151 cm³/mol. The van der Waals surface area contributed by atoms with Crippen molar-refractivity contribution in [2.45, 2.75) is 18.5 Å². The van der Waals surface area contributed by atoms with Crippen molar-refractivity contribution in [1.29, 1.82) is 0 Å².